The van der Waals surface area contributed by atoms with Crippen LogP contribution in [0.3, 0.4) is 0 Å². The van der Waals surface area contributed by atoms with Crippen molar-refractivity contribution in [3.05, 3.63) is 65.5 Å². The van der Waals surface area contributed by atoms with Crippen molar-refractivity contribution >= 4 is 17.5 Å². The van der Waals surface area contributed by atoms with Gasteiger partial charge in [-0.2, -0.15) is 13.2 Å². The highest BCUT2D eigenvalue weighted by atomic mass is 19.4. The Morgan fingerprint density at radius 1 is 1.08 bits per heavy atom. The third-order valence-corrected chi connectivity index (χ3v) is 3.57. The number of benzene rings is 2. The van der Waals surface area contributed by atoms with E-state index in [1.165, 1.54) is 36.4 Å². The number of amides is 2. The zero-order chi connectivity index (χ0) is 19.3. The second-order valence-corrected chi connectivity index (χ2v) is 5.56. The van der Waals surface area contributed by atoms with Gasteiger partial charge in [0.15, 0.2) is 0 Å². The molecule has 2 amide bonds. The molecule has 0 aliphatic rings. The molecule has 2 aromatic rings. The van der Waals surface area contributed by atoms with E-state index in [1.807, 2.05) is 0 Å². The standard InChI is InChI=1S/C18H16F4N2O2/c1-12(25)24(16-4-2-3-14(9-16)18(20,21)22)11-17(26)23-10-13-5-7-15(19)8-6-13/h2-9H,10-11H2,1H3,(H,23,26). The summed E-state index contributed by atoms with van der Waals surface area (Å²) in [5.74, 6) is -1.53. The largest absolute Gasteiger partial charge is 0.416 e. The Bertz CT molecular complexity index is 789. The molecule has 0 spiro atoms. The zero-order valence-electron chi connectivity index (χ0n) is 13.8. The fourth-order valence-electron chi connectivity index (χ4n) is 2.24. The summed E-state index contributed by atoms with van der Waals surface area (Å²) in [6, 6.07) is 9.66. The van der Waals surface area contributed by atoms with E-state index in [-0.39, 0.29) is 12.2 Å². The second kappa shape index (κ2) is 7.99. The SMILES string of the molecule is CC(=O)N(CC(=O)NCc1ccc(F)cc1)c1cccc(C(F)(F)F)c1. The van der Waals surface area contributed by atoms with Crippen molar-refractivity contribution in [3.63, 3.8) is 0 Å². The first-order valence-electron chi connectivity index (χ1n) is 7.63. The van der Waals surface area contributed by atoms with Crippen LogP contribution in [0.15, 0.2) is 48.5 Å². The quantitative estimate of drug-likeness (QED) is 0.821. The maximum Gasteiger partial charge on any atom is 0.416 e. The summed E-state index contributed by atoms with van der Waals surface area (Å²) in [4.78, 5) is 24.8. The first kappa shape index (κ1) is 19.4. The van der Waals surface area contributed by atoms with Gasteiger partial charge in [-0.25, -0.2) is 4.39 Å². The van der Waals surface area contributed by atoms with Gasteiger partial charge in [0.1, 0.15) is 12.4 Å². The molecule has 8 heteroatoms. The molecule has 0 aromatic heterocycles. The van der Waals surface area contributed by atoms with E-state index in [2.05, 4.69) is 5.32 Å². The summed E-state index contributed by atoms with van der Waals surface area (Å²) in [5, 5.41) is 2.54. The molecular formula is C18H16F4N2O2. The number of hydrogen-bond donors (Lipinski definition) is 1. The molecule has 0 aliphatic carbocycles. The van der Waals surface area contributed by atoms with Gasteiger partial charge in [0.25, 0.3) is 0 Å². The van der Waals surface area contributed by atoms with Crippen molar-refractivity contribution in [2.24, 2.45) is 0 Å². The minimum absolute atomic E-state index is 0.0238. The highest BCUT2D eigenvalue weighted by Crippen LogP contribution is 2.31. The van der Waals surface area contributed by atoms with Crippen LogP contribution in [0.4, 0.5) is 23.2 Å². The minimum Gasteiger partial charge on any atom is -0.350 e. The molecule has 2 rings (SSSR count). The molecule has 0 unspecified atom stereocenters. The van der Waals surface area contributed by atoms with Crippen LogP contribution >= 0.6 is 0 Å². The average molecular weight is 368 g/mol. The molecule has 26 heavy (non-hydrogen) atoms. The van der Waals surface area contributed by atoms with Crippen LogP contribution in [-0.4, -0.2) is 18.4 Å². The van der Waals surface area contributed by atoms with E-state index >= 15 is 0 Å². The number of nitrogens with one attached hydrogen (secondary N) is 1. The summed E-state index contributed by atoms with van der Waals surface area (Å²) in [6.45, 7) is 0.832. The molecule has 0 aliphatic heterocycles. The van der Waals surface area contributed by atoms with Gasteiger partial charge in [-0.3, -0.25) is 9.59 Å². The maximum atomic E-state index is 12.8. The summed E-state index contributed by atoms with van der Waals surface area (Å²) < 4.78 is 51.3. The van der Waals surface area contributed by atoms with E-state index in [0.29, 0.717) is 5.56 Å². The second-order valence-electron chi connectivity index (χ2n) is 5.56. The fraction of sp³-hybridized carbons (Fsp3) is 0.222. The van der Waals surface area contributed by atoms with Crippen LogP contribution in [0.25, 0.3) is 0 Å². The first-order chi connectivity index (χ1) is 12.2. The van der Waals surface area contributed by atoms with E-state index in [9.17, 15) is 27.2 Å². The van der Waals surface area contributed by atoms with Crippen molar-refractivity contribution in [2.75, 3.05) is 11.4 Å². The first-order valence-corrected chi connectivity index (χ1v) is 7.63. The van der Waals surface area contributed by atoms with Gasteiger partial charge in [-0.05, 0) is 35.9 Å². The Labute approximate surface area is 147 Å². The number of rotatable bonds is 5. The lowest BCUT2D eigenvalue weighted by molar-refractivity contribution is -0.137. The minimum atomic E-state index is -4.55. The number of nitrogens with zero attached hydrogens (tertiary/aromatic N) is 1. The van der Waals surface area contributed by atoms with Crippen LogP contribution in [-0.2, 0) is 22.3 Å². The summed E-state index contributed by atoms with van der Waals surface area (Å²) >= 11 is 0. The van der Waals surface area contributed by atoms with Gasteiger partial charge in [-0.1, -0.05) is 18.2 Å². The lowest BCUT2D eigenvalue weighted by atomic mass is 10.1. The van der Waals surface area contributed by atoms with Crippen LogP contribution in [0.1, 0.15) is 18.1 Å². The number of anilines is 1. The van der Waals surface area contributed by atoms with Gasteiger partial charge in [-0.15, -0.1) is 0 Å². The molecule has 0 saturated heterocycles. The molecule has 0 atom stereocenters. The predicted molar refractivity (Wildman–Crippen MR) is 87.7 cm³/mol. The van der Waals surface area contributed by atoms with Crippen molar-refractivity contribution in [1.82, 2.24) is 5.32 Å². The molecule has 2 aromatic carbocycles. The summed E-state index contributed by atoms with van der Waals surface area (Å²) in [6.07, 6.45) is -4.55. The molecular weight excluding hydrogens is 352 g/mol. The molecule has 0 radical (unpaired) electrons. The van der Waals surface area contributed by atoms with Crippen molar-refractivity contribution in [3.8, 4) is 0 Å². The van der Waals surface area contributed by atoms with Gasteiger partial charge >= 0.3 is 6.18 Å². The molecule has 1 N–H and O–H groups in total. The molecule has 0 saturated carbocycles. The Kier molecular flexibility index (Phi) is 5.97. The van der Waals surface area contributed by atoms with Gasteiger partial charge in [0.05, 0.1) is 5.56 Å². The van der Waals surface area contributed by atoms with Crippen LogP contribution < -0.4 is 10.2 Å². The van der Waals surface area contributed by atoms with Crippen LogP contribution in [0.2, 0.25) is 0 Å². The highest BCUT2D eigenvalue weighted by Gasteiger charge is 2.31. The van der Waals surface area contributed by atoms with E-state index in [4.69, 9.17) is 0 Å². The number of carbonyl (C=O) groups is 2. The molecule has 0 heterocycles. The normalized spacial score (nSPS) is 11.1. The predicted octanol–water partition coefficient (Wildman–Crippen LogP) is 3.51. The number of halogens is 4. The molecule has 4 nitrogen and oxygen atoms in total. The smallest absolute Gasteiger partial charge is 0.350 e. The van der Waals surface area contributed by atoms with Gasteiger partial charge in [0, 0.05) is 19.2 Å². The van der Waals surface area contributed by atoms with E-state index in [1.54, 1.807) is 0 Å². The Hall–Kier alpha value is -2.90. The lowest BCUT2D eigenvalue weighted by Crippen LogP contribution is -2.39. The number of carbonyl (C=O) groups excluding carboxylic acids is 2. The summed E-state index contributed by atoms with van der Waals surface area (Å²) in [5.41, 5.74) is -0.287. The topological polar surface area (TPSA) is 49.4 Å². The van der Waals surface area contributed by atoms with Crippen molar-refractivity contribution < 1.29 is 27.2 Å². The maximum absolute atomic E-state index is 12.8. The summed E-state index contributed by atoms with van der Waals surface area (Å²) in [7, 11) is 0. The third kappa shape index (κ3) is 5.30. The van der Waals surface area contributed by atoms with Crippen molar-refractivity contribution in [2.45, 2.75) is 19.6 Å². The Morgan fingerprint density at radius 3 is 2.31 bits per heavy atom. The van der Waals surface area contributed by atoms with E-state index < -0.39 is 35.9 Å². The highest BCUT2D eigenvalue weighted by molar-refractivity contribution is 5.97. The Morgan fingerprint density at radius 2 is 1.73 bits per heavy atom. The van der Waals surface area contributed by atoms with E-state index in [0.717, 1.165) is 24.0 Å². The van der Waals surface area contributed by atoms with Crippen molar-refractivity contribution in [1.29, 1.82) is 0 Å². The number of hydrogen-bond acceptors (Lipinski definition) is 2. The average Bonchev–Trinajstić information content (AvgIpc) is 2.58. The monoisotopic (exact) mass is 368 g/mol. The van der Waals surface area contributed by atoms with Gasteiger partial charge < -0.3 is 10.2 Å². The molecule has 0 bridgehead atoms. The third-order valence-electron chi connectivity index (χ3n) is 3.57. The number of alkyl halides is 3. The zero-order valence-corrected chi connectivity index (χ0v) is 13.8. The lowest BCUT2D eigenvalue weighted by Gasteiger charge is -2.21. The molecule has 138 valence electrons. The fourth-order valence-corrected chi connectivity index (χ4v) is 2.24. The van der Waals surface area contributed by atoms with Crippen LogP contribution in [0.5, 0.6) is 0 Å². The Balaban J connectivity index is 2.07. The van der Waals surface area contributed by atoms with Crippen LogP contribution in [0, 0.1) is 5.82 Å². The van der Waals surface area contributed by atoms with Gasteiger partial charge in [0.2, 0.25) is 11.8 Å². The molecule has 0 fully saturated rings.